The molecule has 2 rings (SSSR count). The fourth-order valence-electron chi connectivity index (χ4n) is 1.81. The van der Waals surface area contributed by atoms with Gasteiger partial charge in [0.25, 0.3) is 0 Å². The lowest BCUT2D eigenvalue weighted by molar-refractivity contribution is -0.145. The minimum absolute atomic E-state index is 0.186. The maximum Gasteiger partial charge on any atom is 0.337 e. The number of carbonyl (C=O) groups excluding carboxylic acids is 1. The van der Waals surface area contributed by atoms with Crippen LogP contribution >= 0.6 is 0 Å². The number of hydrogen-bond donors (Lipinski definition) is 1. The maximum absolute atomic E-state index is 13.8. The van der Waals surface area contributed by atoms with Gasteiger partial charge >= 0.3 is 5.97 Å². The Hall–Kier alpha value is -2.50. The molecule has 1 aromatic carbocycles. The molecule has 20 heavy (non-hydrogen) atoms. The summed E-state index contributed by atoms with van der Waals surface area (Å²) in [4.78, 5) is 20.1. The van der Waals surface area contributed by atoms with Crippen molar-refractivity contribution in [2.45, 2.75) is 12.5 Å². The molecule has 1 unspecified atom stereocenters. The van der Waals surface area contributed by atoms with Crippen molar-refractivity contribution in [3.05, 3.63) is 54.4 Å². The van der Waals surface area contributed by atoms with E-state index >= 15 is 0 Å². The number of methoxy groups -OCH3 is 1. The van der Waals surface area contributed by atoms with Crippen LogP contribution < -0.4 is 5.32 Å². The number of nitrogens with zero attached hydrogens (tertiary/aromatic N) is 2. The predicted octanol–water partition coefficient (Wildman–Crippen LogP) is 2.12. The number of esters is 1. The highest BCUT2D eigenvalue weighted by atomic mass is 19.1. The Morgan fingerprint density at radius 2 is 2.10 bits per heavy atom. The van der Waals surface area contributed by atoms with Gasteiger partial charge in [-0.15, -0.1) is 0 Å². The van der Waals surface area contributed by atoms with Gasteiger partial charge in [-0.1, -0.05) is 12.1 Å². The highest BCUT2D eigenvalue weighted by molar-refractivity contribution is 5.85. The summed E-state index contributed by atoms with van der Waals surface area (Å²) >= 11 is 0. The standard InChI is InChI=1S/C14H14FN3O2/c1-14(13(19)20-2,12-9-16-7-8-17-12)18-11-6-4-3-5-10(11)15/h3-9,18H,1-2H3. The van der Waals surface area contributed by atoms with Gasteiger partial charge in [-0.25, -0.2) is 9.18 Å². The number of ether oxygens (including phenoxy) is 1. The van der Waals surface area contributed by atoms with Crippen molar-refractivity contribution in [3.8, 4) is 0 Å². The molecule has 0 radical (unpaired) electrons. The molecule has 104 valence electrons. The Balaban J connectivity index is 2.44. The molecule has 0 fully saturated rings. The average Bonchev–Trinajstić information content (AvgIpc) is 2.49. The van der Waals surface area contributed by atoms with Crippen LogP contribution in [0.25, 0.3) is 0 Å². The third-order valence-electron chi connectivity index (χ3n) is 2.93. The van der Waals surface area contributed by atoms with Crippen molar-refractivity contribution < 1.29 is 13.9 Å². The van der Waals surface area contributed by atoms with Crippen LogP contribution in [0.15, 0.2) is 42.9 Å². The number of para-hydroxylation sites is 1. The number of hydrogen-bond acceptors (Lipinski definition) is 5. The minimum Gasteiger partial charge on any atom is -0.467 e. The fraction of sp³-hybridized carbons (Fsp3) is 0.214. The van der Waals surface area contributed by atoms with E-state index in [0.717, 1.165) is 0 Å². The van der Waals surface area contributed by atoms with Gasteiger partial charge in [-0.05, 0) is 19.1 Å². The van der Waals surface area contributed by atoms with Crippen molar-refractivity contribution in [2.24, 2.45) is 0 Å². The third kappa shape index (κ3) is 2.59. The van der Waals surface area contributed by atoms with Crippen molar-refractivity contribution in [2.75, 3.05) is 12.4 Å². The molecule has 0 bridgehead atoms. The van der Waals surface area contributed by atoms with Gasteiger partial charge in [-0.2, -0.15) is 0 Å². The molecule has 0 spiro atoms. The summed E-state index contributed by atoms with van der Waals surface area (Å²) in [7, 11) is 1.26. The largest absolute Gasteiger partial charge is 0.467 e. The van der Waals surface area contributed by atoms with Gasteiger partial charge in [0, 0.05) is 12.4 Å². The SMILES string of the molecule is COC(=O)C(C)(Nc1ccccc1F)c1cnccn1. The lowest BCUT2D eigenvalue weighted by Gasteiger charge is -2.28. The molecule has 0 aliphatic rings. The van der Waals surface area contributed by atoms with E-state index in [0.29, 0.717) is 5.69 Å². The zero-order valence-electron chi connectivity index (χ0n) is 11.1. The van der Waals surface area contributed by atoms with Crippen LogP contribution in [0.4, 0.5) is 10.1 Å². The Labute approximate surface area is 115 Å². The fourth-order valence-corrected chi connectivity index (χ4v) is 1.81. The molecule has 0 aliphatic heterocycles. The Morgan fingerprint density at radius 1 is 1.35 bits per heavy atom. The summed E-state index contributed by atoms with van der Waals surface area (Å²) in [6.45, 7) is 1.56. The summed E-state index contributed by atoms with van der Waals surface area (Å²) in [6, 6.07) is 6.07. The normalized spacial score (nSPS) is 13.3. The first-order valence-electron chi connectivity index (χ1n) is 5.95. The minimum atomic E-state index is -1.33. The van der Waals surface area contributed by atoms with Crippen molar-refractivity contribution in [3.63, 3.8) is 0 Å². The zero-order valence-corrected chi connectivity index (χ0v) is 11.1. The van der Waals surface area contributed by atoms with Crippen LogP contribution in [-0.2, 0) is 15.1 Å². The third-order valence-corrected chi connectivity index (χ3v) is 2.93. The Morgan fingerprint density at radius 3 is 2.70 bits per heavy atom. The number of aromatic nitrogens is 2. The van der Waals surface area contributed by atoms with Crippen molar-refractivity contribution in [1.29, 1.82) is 0 Å². The summed E-state index contributed by atoms with van der Waals surface area (Å²) in [5, 5.41) is 2.84. The summed E-state index contributed by atoms with van der Waals surface area (Å²) in [6.07, 6.45) is 4.38. The lowest BCUT2D eigenvalue weighted by atomic mass is 9.97. The molecule has 1 heterocycles. The van der Waals surface area contributed by atoms with Crippen molar-refractivity contribution in [1.82, 2.24) is 9.97 Å². The van der Waals surface area contributed by atoms with E-state index in [1.165, 1.54) is 37.8 Å². The number of anilines is 1. The van der Waals surface area contributed by atoms with Crippen LogP contribution in [-0.4, -0.2) is 23.0 Å². The van der Waals surface area contributed by atoms with Gasteiger partial charge in [-0.3, -0.25) is 9.97 Å². The summed E-state index contributed by atoms with van der Waals surface area (Å²) in [5.74, 6) is -1.05. The van der Waals surface area contributed by atoms with Crippen LogP contribution in [0.5, 0.6) is 0 Å². The molecular formula is C14H14FN3O2. The molecule has 0 saturated carbocycles. The highest BCUT2D eigenvalue weighted by Gasteiger charge is 2.38. The molecule has 6 heteroatoms. The van der Waals surface area contributed by atoms with E-state index in [9.17, 15) is 9.18 Å². The molecule has 1 N–H and O–H groups in total. The summed E-state index contributed by atoms with van der Waals surface area (Å²) in [5.41, 5.74) is -0.799. The topological polar surface area (TPSA) is 64.1 Å². The van der Waals surface area contributed by atoms with E-state index in [1.807, 2.05) is 0 Å². The van der Waals surface area contributed by atoms with Gasteiger partial charge < -0.3 is 10.1 Å². The Bertz CT molecular complexity index is 606. The smallest absolute Gasteiger partial charge is 0.337 e. The van der Waals surface area contributed by atoms with E-state index in [4.69, 9.17) is 4.74 Å². The molecule has 0 aliphatic carbocycles. The molecule has 1 aromatic heterocycles. The number of benzene rings is 1. The predicted molar refractivity (Wildman–Crippen MR) is 71.4 cm³/mol. The van der Waals surface area contributed by atoms with Crippen LogP contribution in [0, 0.1) is 5.82 Å². The second kappa shape index (κ2) is 5.64. The first kappa shape index (κ1) is 13.9. The first-order chi connectivity index (χ1) is 9.58. The number of rotatable bonds is 4. The van der Waals surface area contributed by atoms with Gasteiger partial charge in [0.05, 0.1) is 24.7 Å². The molecule has 2 aromatic rings. The number of carbonyl (C=O) groups is 1. The number of nitrogens with one attached hydrogen (secondary N) is 1. The van der Waals surface area contributed by atoms with Gasteiger partial charge in [0.15, 0.2) is 5.54 Å². The monoisotopic (exact) mass is 275 g/mol. The summed E-state index contributed by atoms with van der Waals surface area (Å²) < 4.78 is 18.5. The van der Waals surface area contributed by atoms with E-state index in [-0.39, 0.29) is 5.69 Å². The molecule has 5 nitrogen and oxygen atoms in total. The van der Waals surface area contributed by atoms with Crippen molar-refractivity contribution >= 4 is 11.7 Å². The van der Waals surface area contributed by atoms with E-state index in [1.54, 1.807) is 19.1 Å². The van der Waals surface area contributed by atoms with Gasteiger partial charge in [0.1, 0.15) is 5.82 Å². The first-order valence-corrected chi connectivity index (χ1v) is 5.95. The molecule has 0 saturated heterocycles. The number of halogens is 1. The second-order valence-corrected chi connectivity index (χ2v) is 4.31. The van der Waals surface area contributed by atoms with E-state index < -0.39 is 17.3 Å². The van der Waals surface area contributed by atoms with Crippen LogP contribution in [0.1, 0.15) is 12.6 Å². The Kier molecular flexibility index (Phi) is 3.93. The van der Waals surface area contributed by atoms with Crippen LogP contribution in [0.2, 0.25) is 0 Å². The lowest BCUT2D eigenvalue weighted by Crippen LogP contribution is -2.42. The molecule has 1 atom stereocenters. The van der Waals surface area contributed by atoms with Crippen LogP contribution in [0.3, 0.4) is 0 Å². The second-order valence-electron chi connectivity index (χ2n) is 4.31. The molecular weight excluding hydrogens is 261 g/mol. The van der Waals surface area contributed by atoms with E-state index in [2.05, 4.69) is 15.3 Å². The van der Waals surface area contributed by atoms with Gasteiger partial charge in [0.2, 0.25) is 0 Å². The molecule has 0 amide bonds. The maximum atomic E-state index is 13.8. The highest BCUT2D eigenvalue weighted by Crippen LogP contribution is 2.27. The zero-order chi connectivity index (χ0) is 14.6. The average molecular weight is 275 g/mol. The quantitative estimate of drug-likeness (QED) is 0.866.